The Labute approximate surface area is 111 Å². The Bertz CT molecular complexity index is 357. The fourth-order valence-electron chi connectivity index (χ4n) is 0.923. The van der Waals surface area contributed by atoms with Crippen LogP contribution < -0.4 is 5.32 Å². The molecule has 1 aromatic rings. The van der Waals surface area contributed by atoms with Gasteiger partial charge in [0.05, 0.1) is 6.61 Å². The zero-order valence-electron chi connectivity index (χ0n) is 8.22. The maximum Gasteiger partial charge on any atom is 0.411 e. The number of benzene rings is 1. The van der Waals surface area contributed by atoms with E-state index in [0.29, 0.717) is 6.61 Å². The molecule has 3 nitrogen and oxygen atoms in total. The van der Waals surface area contributed by atoms with Crippen LogP contribution in [0, 0.1) is 3.57 Å². The molecule has 0 spiro atoms. The molecule has 82 valence electrons. The first-order valence-electron chi connectivity index (χ1n) is 4.52. The molecule has 0 saturated heterocycles. The quantitative estimate of drug-likeness (QED) is 0.801. The van der Waals surface area contributed by atoms with Crippen molar-refractivity contribution >= 4 is 50.3 Å². The molecule has 0 aliphatic heterocycles. The Morgan fingerprint density at radius 1 is 1.60 bits per heavy atom. The molecule has 5 heteroatoms. The molecule has 0 fully saturated rings. The topological polar surface area (TPSA) is 38.3 Å². The van der Waals surface area contributed by atoms with E-state index in [2.05, 4.69) is 43.8 Å². The van der Waals surface area contributed by atoms with Crippen molar-refractivity contribution in [3.05, 3.63) is 26.2 Å². The number of halogens is 2. The SMILES string of the molecule is CCCOC(=O)Nc1ccc(Br)c(I)c1. The lowest BCUT2D eigenvalue weighted by atomic mass is 10.3. The summed E-state index contributed by atoms with van der Waals surface area (Å²) in [5.74, 6) is 0. The summed E-state index contributed by atoms with van der Waals surface area (Å²) in [6.07, 6.45) is 0.417. The number of hydrogen-bond acceptors (Lipinski definition) is 2. The molecule has 0 bridgehead atoms. The first-order valence-corrected chi connectivity index (χ1v) is 6.39. The van der Waals surface area contributed by atoms with Crippen LogP contribution in [0.5, 0.6) is 0 Å². The molecule has 0 heterocycles. The smallest absolute Gasteiger partial charge is 0.411 e. The number of carbonyl (C=O) groups is 1. The number of rotatable bonds is 3. The summed E-state index contributed by atoms with van der Waals surface area (Å²) in [5.41, 5.74) is 0.740. The molecule has 0 aliphatic rings. The summed E-state index contributed by atoms with van der Waals surface area (Å²) >= 11 is 5.57. The number of nitrogens with one attached hydrogen (secondary N) is 1. The van der Waals surface area contributed by atoms with E-state index in [0.717, 1.165) is 20.2 Å². The first-order chi connectivity index (χ1) is 7.13. The third-order valence-corrected chi connectivity index (χ3v) is 3.93. The van der Waals surface area contributed by atoms with E-state index in [1.807, 2.05) is 25.1 Å². The second-order valence-electron chi connectivity index (χ2n) is 2.89. The van der Waals surface area contributed by atoms with Crippen molar-refractivity contribution in [1.29, 1.82) is 0 Å². The summed E-state index contributed by atoms with van der Waals surface area (Å²) in [6.45, 7) is 2.40. The Kier molecular flexibility index (Phi) is 5.38. The lowest BCUT2D eigenvalue weighted by molar-refractivity contribution is 0.161. The summed E-state index contributed by atoms with van der Waals surface area (Å²) in [7, 11) is 0. The maximum absolute atomic E-state index is 11.2. The van der Waals surface area contributed by atoms with E-state index in [1.165, 1.54) is 0 Å². The average molecular weight is 384 g/mol. The van der Waals surface area contributed by atoms with Crippen molar-refractivity contribution < 1.29 is 9.53 Å². The van der Waals surface area contributed by atoms with Crippen LogP contribution in [0.1, 0.15) is 13.3 Å². The summed E-state index contributed by atoms with van der Waals surface area (Å²) in [4.78, 5) is 11.2. The van der Waals surface area contributed by atoms with Crippen LogP contribution >= 0.6 is 38.5 Å². The van der Waals surface area contributed by atoms with Gasteiger partial charge in [-0.1, -0.05) is 6.92 Å². The molecule has 0 atom stereocenters. The van der Waals surface area contributed by atoms with Gasteiger partial charge in [-0.3, -0.25) is 5.32 Å². The largest absolute Gasteiger partial charge is 0.449 e. The molecule has 0 unspecified atom stereocenters. The van der Waals surface area contributed by atoms with Crippen LogP contribution in [0.2, 0.25) is 0 Å². The molecular weight excluding hydrogens is 373 g/mol. The van der Waals surface area contributed by atoms with E-state index in [1.54, 1.807) is 0 Å². The van der Waals surface area contributed by atoms with E-state index < -0.39 is 6.09 Å². The minimum Gasteiger partial charge on any atom is -0.449 e. The summed E-state index contributed by atoms with van der Waals surface area (Å²) in [6, 6.07) is 5.58. The molecule has 0 saturated carbocycles. The van der Waals surface area contributed by atoms with Crippen LogP contribution in [-0.4, -0.2) is 12.7 Å². The molecule has 0 radical (unpaired) electrons. The Morgan fingerprint density at radius 3 is 2.93 bits per heavy atom. The minimum absolute atomic E-state index is 0.407. The van der Waals surface area contributed by atoms with Gasteiger partial charge in [0.1, 0.15) is 0 Å². The molecule has 1 rings (SSSR count). The first kappa shape index (κ1) is 12.8. The number of anilines is 1. The van der Waals surface area contributed by atoms with Crippen LogP contribution in [0.3, 0.4) is 0 Å². The summed E-state index contributed by atoms with van der Waals surface area (Å²) in [5, 5.41) is 2.66. The van der Waals surface area contributed by atoms with Gasteiger partial charge in [0.2, 0.25) is 0 Å². The van der Waals surface area contributed by atoms with Crippen molar-refractivity contribution in [2.24, 2.45) is 0 Å². The highest BCUT2D eigenvalue weighted by molar-refractivity contribution is 14.1. The fourth-order valence-corrected chi connectivity index (χ4v) is 1.68. The third kappa shape index (κ3) is 4.38. The van der Waals surface area contributed by atoms with Crippen molar-refractivity contribution in [2.75, 3.05) is 11.9 Å². The van der Waals surface area contributed by atoms with Gasteiger partial charge in [0.25, 0.3) is 0 Å². The van der Waals surface area contributed by atoms with Crippen LogP contribution in [0.25, 0.3) is 0 Å². The summed E-state index contributed by atoms with van der Waals surface area (Å²) < 4.78 is 6.95. The number of ether oxygens (including phenoxy) is 1. The highest BCUT2D eigenvalue weighted by Gasteiger charge is 2.03. The van der Waals surface area contributed by atoms with Crippen molar-refractivity contribution in [3.63, 3.8) is 0 Å². The zero-order chi connectivity index (χ0) is 11.3. The van der Waals surface area contributed by atoms with E-state index in [-0.39, 0.29) is 0 Å². The van der Waals surface area contributed by atoms with E-state index in [4.69, 9.17) is 4.74 Å². The van der Waals surface area contributed by atoms with Gasteiger partial charge in [-0.15, -0.1) is 0 Å². The molecule has 0 aliphatic carbocycles. The van der Waals surface area contributed by atoms with Gasteiger partial charge in [0.15, 0.2) is 0 Å². The van der Waals surface area contributed by atoms with E-state index in [9.17, 15) is 4.79 Å². The van der Waals surface area contributed by atoms with Gasteiger partial charge in [-0.25, -0.2) is 4.79 Å². The highest BCUT2D eigenvalue weighted by Crippen LogP contribution is 2.22. The van der Waals surface area contributed by atoms with Gasteiger partial charge in [0, 0.05) is 13.7 Å². The van der Waals surface area contributed by atoms with Crippen molar-refractivity contribution in [3.8, 4) is 0 Å². The Hall–Kier alpha value is -0.300. The molecule has 1 N–H and O–H groups in total. The maximum atomic E-state index is 11.2. The third-order valence-electron chi connectivity index (χ3n) is 1.60. The zero-order valence-corrected chi connectivity index (χ0v) is 12.0. The molecular formula is C10H11BrINO2. The standard InChI is InChI=1S/C10H11BrINO2/c1-2-5-15-10(14)13-7-3-4-8(11)9(12)6-7/h3-4,6H,2,5H2,1H3,(H,13,14). The molecule has 1 aromatic carbocycles. The average Bonchev–Trinajstić information content (AvgIpc) is 2.20. The number of carbonyl (C=O) groups excluding carboxylic acids is 1. The number of amides is 1. The lowest BCUT2D eigenvalue weighted by Gasteiger charge is -2.06. The van der Waals surface area contributed by atoms with Gasteiger partial charge in [-0.05, 0) is 63.1 Å². The van der Waals surface area contributed by atoms with Gasteiger partial charge < -0.3 is 4.74 Å². The second kappa shape index (κ2) is 6.32. The molecule has 0 aromatic heterocycles. The predicted octanol–water partition coefficient (Wildman–Crippen LogP) is 4.01. The predicted molar refractivity (Wildman–Crippen MR) is 72.1 cm³/mol. The highest BCUT2D eigenvalue weighted by atomic mass is 127. The molecule has 1 amide bonds. The second-order valence-corrected chi connectivity index (χ2v) is 4.91. The molecule has 15 heavy (non-hydrogen) atoms. The fraction of sp³-hybridized carbons (Fsp3) is 0.300. The van der Waals surface area contributed by atoms with Gasteiger partial charge in [-0.2, -0.15) is 0 Å². The van der Waals surface area contributed by atoms with Crippen LogP contribution in [0.4, 0.5) is 10.5 Å². The van der Waals surface area contributed by atoms with Crippen LogP contribution in [-0.2, 0) is 4.74 Å². The van der Waals surface area contributed by atoms with E-state index >= 15 is 0 Å². The Balaban J connectivity index is 2.57. The lowest BCUT2D eigenvalue weighted by Crippen LogP contribution is -2.14. The van der Waals surface area contributed by atoms with Crippen molar-refractivity contribution in [1.82, 2.24) is 0 Å². The minimum atomic E-state index is -0.407. The Morgan fingerprint density at radius 2 is 2.33 bits per heavy atom. The number of hydrogen-bond donors (Lipinski definition) is 1. The normalized spacial score (nSPS) is 9.80. The van der Waals surface area contributed by atoms with Crippen LogP contribution in [0.15, 0.2) is 22.7 Å². The monoisotopic (exact) mass is 383 g/mol. The van der Waals surface area contributed by atoms with Crippen molar-refractivity contribution in [2.45, 2.75) is 13.3 Å². The van der Waals surface area contributed by atoms with Gasteiger partial charge >= 0.3 is 6.09 Å².